The first-order chi connectivity index (χ1) is 11.8. The molecule has 24 heavy (non-hydrogen) atoms. The van der Waals surface area contributed by atoms with Crippen LogP contribution in [0.5, 0.6) is 5.75 Å². The van der Waals surface area contributed by atoms with Gasteiger partial charge in [0.2, 0.25) is 0 Å². The Morgan fingerprint density at radius 3 is 2.83 bits per heavy atom. The number of para-hydroxylation sites is 1. The minimum atomic E-state index is -0.354. The van der Waals surface area contributed by atoms with E-state index in [4.69, 9.17) is 4.74 Å². The Morgan fingerprint density at radius 2 is 1.96 bits per heavy atom. The highest BCUT2D eigenvalue weighted by Crippen LogP contribution is 2.32. The number of H-pyrrole nitrogens is 1. The van der Waals surface area contributed by atoms with E-state index in [9.17, 15) is 4.79 Å². The van der Waals surface area contributed by atoms with Crippen LogP contribution in [0.4, 0.5) is 5.69 Å². The van der Waals surface area contributed by atoms with Crippen molar-refractivity contribution >= 4 is 11.6 Å². The summed E-state index contributed by atoms with van der Waals surface area (Å²) < 4.78 is 5.28. The number of amides is 1. The molecule has 4 rings (SSSR count). The lowest BCUT2D eigenvalue weighted by molar-refractivity contribution is 0.0936. The molecule has 0 spiro atoms. The summed E-state index contributed by atoms with van der Waals surface area (Å²) in [5.41, 5.74) is 4.10. The minimum Gasteiger partial charge on any atom is -0.497 e. The Morgan fingerprint density at radius 1 is 1.08 bits per heavy atom. The molecule has 0 fully saturated rings. The summed E-state index contributed by atoms with van der Waals surface area (Å²) in [6, 6.07) is 15.1. The molecule has 1 aliphatic rings. The zero-order valence-electron chi connectivity index (χ0n) is 13.0. The fourth-order valence-electron chi connectivity index (χ4n) is 2.89. The lowest BCUT2D eigenvalue weighted by Gasteiger charge is -2.27. The number of carbonyl (C=O) groups is 1. The number of aromatic amines is 1. The molecule has 3 N–H and O–H groups in total. The highest BCUT2D eigenvalue weighted by atomic mass is 16.5. The minimum absolute atomic E-state index is 0.104. The molecule has 0 bridgehead atoms. The van der Waals surface area contributed by atoms with E-state index in [2.05, 4.69) is 20.8 Å². The van der Waals surface area contributed by atoms with Gasteiger partial charge in [-0.25, -0.2) is 0 Å². The summed E-state index contributed by atoms with van der Waals surface area (Å²) >= 11 is 0. The average Bonchev–Trinajstić information content (AvgIpc) is 3.11. The van der Waals surface area contributed by atoms with Crippen molar-refractivity contribution in [3.8, 4) is 17.0 Å². The van der Waals surface area contributed by atoms with Gasteiger partial charge in [0.1, 0.15) is 11.9 Å². The Bertz CT molecular complexity index is 903. The Kier molecular flexibility index (Phi) is 3.42. The molecule has 0 radical (unpaired) electrons. The predicted octanol–water partition coefficient (Wildman–Crippen LogP) is 2.94. The van der Waals surface area contributed by atoms with Gasteiger partial charge in [-0.2, -0.15) is 5.10 Å². The molecule has 1 aromatic heterocycles. The van der Waals surface area contributed by atoms with Crippen molar-refractivity contribution in [2.75, 3.05) is 12.4 Å². The van der Waals surface area contributed by atoms with E-state index in [0.29, 0.717) is 5.56 Å². The number of benzene rings is 2. The molecule has 2 heterocycles. The smallest absolute Gasteiger partial charge is 0.255 e. The van der Waals surface area contributed by atoms with Crippen LogP contribution in [0.2, 0.25) is 0 Å². The number of carbonyl (C=O) groups excluding carboxylic acids is 1. The van der Waals surface area contributed by atoms with E-state index in [1.165, 1.54) is 0 Å². The first-order valence-electron chi connectivity index (χ1n) is 7.60. The molecule has 1 unspecified atom stereocenters. The number of methoxy groups -OCH3 is 1. The van der Waals surface area contributed by atoms with Gasteiger partial charge in [0.25, 0.3) is 5.91 Å². The standard InChI is InChI=1S/C18H16N4O2/c1-24-12-6-4-5-11(9-12)16-14(10-19-22-16)17-20-15-8-3-2-7-13(15)18(23)21-17/h2-10,17,20H,1H3,(H,19,22)(H,21,23). The van der Waals surface area contributed by atoms with E-state index in [0.717, 1.165) is 28.3 Å². The summed E-state index contributed by atoms with van der Waals surface area (Å²) in [4.78, 5) is 12.3. The molecule has 0 saturated heterocycles. The average molecular weight is 320 g/mol. The van der Waals surface area contributed by atoms with Gasteiger partial charge < -0.3 is 15.4 Å². The van der Waals surface area contributed by atoms with Crippen LogP contribution in [0.3, 0.4) is 0 Å². The molecule has 0 aliphatic carbocycles. The van der Waals surface area contributed by atoms with Gasteiger partial charge in [-0.05, 0) is 24.3 Å². The molecule has 1 atom stereocenters. The lowest BCUT2D eigenvalue weighted by Crippen LogP contribution is -2.38. The molecule has 120 valence electrons. The number of nitrogens with one attached hydrogen (secondary N) is 3. The maximum Gasteiger partial charge on any atom is 0.255 e. The summed E-state index contributed by atoms with van der Waals surface area (Å²) in [5, 5.41) is 13.5. The summed E-state index contributed by atoms with van der Waals surface area (Å²) in [6.45, 7) is 0. The summed E-state index contributed by atoms with van der Waals surface area (Å²) in [5.74, 6) is 0.658. The van der Waals surface area contributed by atoms with Crippen LogP contribution in [0.25, 0.3) is 11.3 Å². The zero-order chi connectivity index (χ0) is 16.5. The second-order valence-electron chi connectivity index (χ2n) is 5.53. The van der Waals surface area contributed by atoms with Gasteiger partial charge in [0.05, 0.1) is 24.6 Å². The fourth-order valence-corrected chi connectivity index (χ4v) is 2.89. The quantitative estimate of drug-likeness (QED) is 0.693. The maximum atomic E-state index is 12.3. The van der Waals surface area contributed by atoms with Crippen LogP contribution in [0.15, 0.2) is 54.7 Å². The second-order valence-corrected chi connectivity index (χ2v) is 5.53. The molecule has 1 amide bonds. The first kappa shape index (κ1) is 14.3. The zero-order valence-corrected chi connectivity index (χ0v) is 13.0. The largest absolute Gasteiger partial charge is 0.497 e. The number of ether oxygens (including phenoxy) is 1. The van der Waals surface area contributed by atoms with Gasteiger partial charge in [0.15, 0.2) is 0 Å². The Balaban J connectivity index is 1.72. The molecular weight excluding hydrogens is 304 g/mol. The first-order valence-corrected chi connectivity index (χ1v) is 7.60. The molecule has 2 aromatic carbocycles. The summed E-state index contributed by atoms with van der Waals surface area (Å²) in [6.07, 6.45) is 1.37. The topological polar surface area (TPSA) is 79.0 Å². The molecule has 1 aliphatic heterocycles. The number of anilines is 1. The van der Waals surface area contributed by atoms with Gasteiger partial charge in [0, 0.05) is 16.8 Å². The second kappa shape index (κ2) is 5.73. The van der Waals surface area contributed by atoms with Crippen molar-refractivity contribution in [1.82, 2.24) is 15.5 Å². The third kappa shape index (κ3) is 2.38. The van der Waals surface area contributed by atoms with E-state index >= 15 is 0 Å². The number of nitrogens with zero attached hydrogens (tertiary/aromatic N) is 1. The Labute approximate surface area is 138 Å². The highest BCUT2D eigenvalue weighted by Gasteiger charge is 2.27. The third-order valence-corrected chi connectivity index (χ3v) is 4.09. The number of aromatic nitrogens is 2. The van der Waals surface area contributed by atoms with Crippen molar-refractivity contribution in [3.05, 3.63) is 65.9 Å². The number of rotatable bonds is 3. The van der Waals surface area contributed by atoms with Gasteiger partial charge in [-0.1, -0.05) is 24.3 Å². The number of fused-ring (bicyclic) bond motifs is 1. The Hall–Kier alpha value is -3.28. The van der Waals surface area contributed by atoms with Gasteiger partial charge in [-0.15, -0.1) is 0 Å². The van der Waals surface area contributed by atoms with Crippen LogP contribution in [-0.4, -0.2) is 23.2 Å². The van der Waals surface area contributed by atoms with Crippen molar-refractivity contribution in [1.29, 1.82) is 0 Å². The number of hydrogen-bond acceptors (Lipinski definition) is 4. The van der Waals surface area contributed by atoms with Crippen LogP contribution in [0, 0.1) is 0 Å². The maximum absolute atomic E-state index is 12.3. The SMILES string of the molecule is COc1cccc(-c2[nH]ncc2C2NC(=O)c3ccccc3N2)c1. The fraction of sp³-hybridized carbons (Fsp3) is 0.111. The molecule has 6 nitrogen and oxygen atoms in total. The van der Waals surface area contributed by atoms with Crippen LogP contribution in [-0.2, 0) is 0 Å². The van der Waals surface area contributed by atoms with Crippen molar-refractivity contribution < 1.29 is 9.53 Å². The normalized spacial score (nSPS) is 16.0. The van der Waals surface area contributed by atoms with Gasteiger partial charge >= 0.3 is 0 Å². The van der Waals surface area contributed by atoms with E-state index in [-0.39, 0.29) is 12.1 Å². The lowest BCUT2D eigenvalue weighted by atomic mass is 10.0. The van der Waals surface area contributed by atoms with E-state index < -0.39 is 0 Å². The van der Waals surface area contributed by atoms with Crippen molar-refractivity contribution in [2.45, 2.75) is 6.17 Å². The van der Waals surface area contributed by atoms with Crippen molar-refractivity contribution in [2.24, 2.45) is 0 Å². The van der Waals surface area contributed by atoms with Crippen molar-refractivity contribution in [3.63, 3.8) is 0 Å². The number of hydrogen-bond donors (Lipinski definition) is 3. The van der Waals surface area contributed by atoms with Crippen LogP contribution >= 0.6 is 0 Å². The van der Waals surface area contributed by atoms with E-state index in [1.54, 1.807) is 19.4 Å². The van der Waals surface area contributed by atoms with E-state index in [1.807, 2.05) is 42.5 Å². The third-order valence-electron chi connectivity index (χ3n) is 4.09. The van der Waals surface area contributed by atoms with Crippen LogP contribution < -0.4 is 15.4 Å². The predicted molar refractivity (Wildman–Crippen MR) is 90.8 cm³/mol. The monoisotopic (exact) mass is 320 g/mol. The molecular formula is C18H16N4O2. The molecule has 6 heteroatoms. The molecule has 3 aromatic rings. The summed E-state index contributed by atoms with van der Waals surface area (Å²) in [7, 11) is 1.63. The van der Waals surface area contributed by atoms with Gasteiger partial charge in [-0.3, -0.25) is 9.89 Å². The van der Waals surface area contributed by atoms with Crippen LogP contribution in [0.1, 0.15) is 22.1 Å². The highest BCUT2D eigenvalue weighted by molar-refractivity contribution is 6.01. The molecule has 0 saturated carbocycles.